The van der Waals surface area contributed by atoms with Gasteiger partial charge in [-0.25, -0.2) is 0 Å². The summed E-state index contributed by atoms with van der Waals surface area (Å²) in [4.78, 5) is 0. The van der Waals surface area contributed by atoms with Crippen molar-refractivity contribution in [2.45, 2.75) is 71.1 Å². The third-order valence-electron chi connectivity index (χ3n) is 5.48. The van der Waals surface area contributed by atoms with E-state index in [1.165, 1.54) is 57.8 Å². The van der Waals surface area contributed by atoms with E-state index in [0.717, 1.165) is 13.0 Å². The number of hydrogen-bond acceptors (Lipinski definition) is 9. The van der Waals surface area contributed by atoms with Gasteiger partial charge in [0.15, 0.2) is 0 Å². The molecule has 9 heteroatoms. The SMILES string of the molecule is CCCCCCCCCCCCOCCOCCOCCOCCOCCOCCOCCOCCO. The molecular formula is C28H58O9. The van der Waals surface area contributed by atoms with Crippen LogP contribution in [0.5, 0.6) is 0 Å². The molecule has 0 aliphatic rings. The smallest absolute Gasteiger partial charge is 0.0701 e. The average molecular weight is 539 g/mol. The van der Waals surface area contributed by atoms with E-state index in [9.17, 15) is 0 Å². The molecule has 0 saturated carbocycles. The highest BCUT2D eigenvalue weighted by molar-refractivity contribution is 4.47. The van der Waals surface area contributed by atoms with E-state index in [1.807, 2.05) is 0 Å². The first-order valence-corrected chi connectivity index (χ1v) is 14.6. The minimum absolute atomic E-state index is 0.0352. The summed E-state index contributed by atoms with van der Waals surface area (Å²) >= 11 is 0. The van der Waals surface area contributed by atoms with Crippen LogP contribution in [0.25, 0.3) is 0 Å². The summed E-state index contributed by atoms with van der Waals surface area (Å²) in [5.74, 6) is 0. The Morgan fingerprint density at radius 1 is 0.297 bits per heavy atom. The van der Waals surface area contributed by atoms with Crippen molar-refractivity contribution in [2.75, 3.05) is 112 Å². The van der Waals surface area contributed by atoms with E-state index in [-0.39, 0.29) is 6.61 Å². The first-order valence-electron chi connectivity index (χ1n) is 14.6. The molecule has 0 radical (unpaired) electrons. The van der Waals surface area contributed by atoms with Crippen LogP contribution in [0.2, 0.25) is 0 Å². The molecule has 37 heavy (non-hydrogen) atoms. The number of rotatable bonds is 34. The van der Waals surface area contributed by atoms with Gasteiger partial charge in [-0.15, -0.1) is 0 Å². The molecule has 0 bridgehead atoms. The van der Waals surface area contributed by atoms with Crippen LogP contribution in [-0.4, -0.2) is 117 Å². The van der Waals surface area contributed by atoms with Gasteiger partial charge in [-0.2, -0.15) is 0 Å². The van der Waals surface area contributed by atoms with Gasteiger partial charge in [0.2, 0.25) is 0 Å². The molecule has 0 fully saturated rings. The Balaban J connectivity index is 3.00. The summed E-state index contributed by atoms with van der Waals surface area (Å²) in [6, 6.07) is 0. The summed E-state index contributed by atoms with van der Waals surface area (Å²) < 4.78 is 43.4. The minimum atomic E-state index is 0.0352. The van der Waals surface area contributed by atoms with Crippen LogP contribution in [0, 0.1) is 0 Å². The van der Waals surface area contributed by atoms with Gasteiger partial charge in [0.1, 0.15) is 0 Å². The van der Waals surface area contributed by atoms with Crippen molar-refractivity contribution in [3.05, 3.63) is 0 Å². The molecule has 0 heterocycles. The number of aliphatic hydroxyl groups excluding tert-OH is 1. The zero-order valence-electron chi connectivity index (χ0n) is 23.8. The van der Waals surface area contributed by atoms with Crippen LogP contribution in [0.1, 0.15) is 71.1 Å². The molecule has 0 saturated heterocycles. The second-order valence-corrected chi connectivity index (χ2v) is 8.80. The summed E-state index contributed by atoms with van der Waals surface area (Å²) in [5, 5.41) is 8.56. The van der Waals surface area contributed by atoms with Crippen molar-refractivity contribution in [3.63, 3.8) is 0 Å². The van der Waals surface area contributed by atoms with Crippen molar-refractivity contribution < 1.29 is 43.0 Å². The van der Waals surface area contributed by atoms with Crippen molar-refractivity contribution in [3.8, 4) is 0 Å². The largest absolute Gasteiger partial charge is 0.394 e. The highest BCUT2D eigenvalue weighted by Gasteiger charge is 1.96. The predicted molar refractivity (Wildman–Crippen MR) is 145 cm³/mol. The zero-order valence-corrected chi connectivity index (χ0v) is 23.8. The number of aliphatic hydroxyl groups is 1. The van der Waals surface area contributed by atoms with Crippen LogP contribution < -0.4 is 0 Å². The Morgan fingerprint density at radius 2 is 0.541 bits per heavy atom. The summed E-state index contributed by atoms with van der Waals surface area (Å²) in [5.41, 5.74) is 0. The van der Waals surface area contributed by atoms with Crippen LogP contribution in [0.4, 0.5) is 0 Å². The molecule has 224 valence electrons. The number of ether oxygens (including phenoxy) is 8. The monoisotopic (exact) mass is 538 g/mol. The molecule has 0 unspecified atom stereocenters. The highest BCUT2D eigenvalue weighted by atomic mass is 16.6. The maximum Gasteiger partial charge on any atom is 0.0701 e. The van der Waals surface area contributed by atoms with E-state index in [2.05, 4.69) is 6.92 Å². The number of hydrogen-bond donors (Lipinski definition) is 1. The Kier molecular flexibility index (Phi) is 35.3. The van der Waals surface area contributed by atoms with Crippen LogP contribution in [0.3, 0.4) is 0 Å². The molecule has 0 aromatic heterocycles. The molecule has 0 aliphatic heterocycles. The molecule has 0 aromatic rings. The topological polar surface area (TPSA) is 94.1 Å². The highest BCUT2D eigenvalue weighted by Crippen LogP contribution is 2.10. The molecule has 0 spiro atoms. The van der Waals surface area contributed by atoms with Gasteiger partial charge in [-0.3, -0.25) is 0 Å². The second kappa shape index (κ2) is 35.6. The standard InChI is InChI=1S/C28H58O9/c1-2-3-4-5-6-7-8-9-10-11-13-30-15-17-32-19-21-34-23-25-36-27-28-37-26-24-35-22-20-33-18-16-31-14-12-29/h29H,2-28H2,1H3. The van der Waals surface area contributed by atoms with Crippen LogP contribution in [-0.2, 0) is 37.9 Å². The normalized spacial score (nSPS) is 11.5. The fourth-order valence-electron chi connectivity index (χ4n) is 3.40. The summed E-state index contributed by atoms with van der Waals surface area (Å²) in [6.07, 6.45) is 13.4. The lowest BCUT2D eigenvalue weighted by Gasteiger charge is -2.08. The minimum Gasteiger partial charge on any atom is -0.394 e. The van der Waals surface area contributed by atoms with Gasteiger partial charge in [0.05, 0.1) is 106 Å². The molecular weight excluding hydrogens is 480 g/mol. The molecule has 0 rings (SSSR count). The van der Waals surface area contributed by atoms with Gasteiger partial charge < -0.3 is 43.0 Å². The molecule has 0 amide bonds. The lowest BCUT2D eigenvalue weighted by atomic mass is 10.1. The summed E-state index contributed by atoms with van der Waals surface area (Å²) in [6.45, 7) is 11.1. The molecule has 0 aromatic carbocycles. The maximum atomic E-state index is 8.56. The van der Waals surface area contributed by atoms with E-state index in [0.29, 0.717) is 99.1 Å². The quantitative estimate of drug-likeness (QED) is 0.122. The Labute approximate surface area is 226 Å². The maximum absolute atomic E-state index is 8.56. The first kappa shape index (κ1) is 36.6. The summed E-state index contributed by atoms with van der Waals surface area (Å²) in [7, 11) is 0. The Morgan fingerprint density at radius 3 is 0.838 bits per heavy atom. The lowest BCUT2D eigenvalue weighted by molar-refractivity contribution is -0.0238. The van der Waals surface area contributed by atoms with E-state index >= 15 is 0 Å². The van der Waals surface area contributed by atoms with E-state index in [4.69, 9.17) is 43.0 Å². The van der Waals surface area contributed by atoms with Gasteiger partial charge >= 0.3 is 0 Å². The second-order valence-electron chi connectivity index (χ2n) is 8.80. The molecule has 1 N–H and O–H groups in total. The van der Waals surface area contributed by atoms with Gasteiger partial charge in [-0.05, 0) is 6.42 Å². The zero-order chi connectivity index (χ0) is 26.7. The van der Waals surface area contributed by atoms with Crippen molar-refractivity contribution in [2.24, 2.45) is 0 Å². The lowest BCUT2D eigenvalue weighted by Crippen LogP contribution is -2.15. The van der Waals surface area contributed by atoms with E-state index in [1.54, 1.807) is 0 Å². The third-order valence-corrected chi connectivity index (χ3v) is 5.48. The van der Waals surface area contributed by atoms with Gasteiger partial charge in [-0.1, -0.05) is 64.7 Å². The first-order chi connectivity index (χ1) is 18.4. The predicted octanol–water partition coefficient (Wildman–Crippen LogP) is 4.03. The average Bonchev–Trinajstić information content (AvgIpc) is 2.91. The molecule has 9 nitrogen and oxygen atoms in total. The van der Waals surface area contributed by atoms with Gasteiger partial charge in [0.25, 0.3) is 0 Å². The van der Waals surface area contributed by atoms with Crippen molar-refractivity contribution in [1.82, 2.24) is 0 Å². The fraction of sp³-hybridized carbons (Fsp3) is 1.00. The van der Waals surface area contributed by atoms with Crippen LogP contribution in [0.15, 0.2) is 0 Å². The third kappa shape index (κ3) is 35.6. The van der Waals surface area contributed by atoms with Crippen molar-refractivity contribution in [1.29, 1.82) is 0 Å². The van der Waals surface area contributed by atoms with Crippen LogP contribution >= 0.6 is 0 Å². The van der Waals surface area contributed by atoms with Gasteiger partial charge in [0, 0.05) is 6.61 Å². The molecule has 0 atom stereocenters. The van der Waals surface area contributed by atoms with Crippen molar-refractivity contribution >= 4 is 0 Å². The Bertz CT molecular complexity index is 355. The number of unbranched alkanes of at least 4 members (excludes halogenated alkanes) is 9. The Hall–Kier alpha value is -0.360. The fourth-order valence-corrected chi connectivity index (χ4v) is 3.40. The molecule has 0 aliphatic carbocycles. The van der Waals surface area contributed by atoms with E-state index < -0.39 is 0 Å².